The highest BCUT2D eigenvalue weighted by Gasteiger charge is 2.26. The van der Waals surface area contributed by atoms with Crippen LogP contribution in [0, 0.1) is 6.92 Å². The van der Waals surface area contributed by atoms with Crippen LogP contribution in [0.5, 0.6) is 0 Å². The summed E-state index contributed by atoms with van der Waals surface area (Å²) in [4.78, 5) is 0. The number of benzene rings is 2. The molecule has 0 bridgehead atoms. The van der Waals surface area contributed by atoms with E-state index >= 15 is 0 Å². The third kappa shape index (κ3) is 2.84. The zero-order valence-electron chi connectivity index (χ0n) is 12.3. The fraction of sp³-hybridized carbons (Fsp3) is 0.333. The van der Waals surface area contributed by atoms with Crippen molar-refractivity contribution in [3.63, 3.8) is 0 Å². The molecule has 0 heterocycles. The molecule has 0 amide bonds. The number of nitrogens with one attached hydrogen (secondary N) is 1. The monoisotopic (exact) mass is 300 g/mol. The third-order valence-electron chi connectivity index (χ3n) is 4.49. The Kier molecular flexibility index (Phi) is 4.29. The Bertz CT molecular complexity index is 635. The normalized spacial score (nSPS) is 16.5. The predicted octanol–water partition coefficient (Wildman–Crippen LogP) is 4.47. The molecule has 3 heteroatoms. The van der Waals surface area contributed by atoms with E-state index in [-0.39, 0.29) is 6.04 Å². The van der Waals surface area contributed by atoms with Gasteiger partial charge in [0, 0.05) is 5.02 Å². The van der Waals surface area contributed by atoms with Gasteiger partial charge in [-0.15, -0.1) is 0 Å². The summed E-state index contributed by atoms with van der Waals surface area (Å²) in [6.07, 6.45) is 3.87. The Balaban J connectivity index is 2.03. The van der Waals surface area contributed by atoms with E-state index in [1.165, 1.54) is 30.4 Å². The van der Waals surface area contributed by atoms with Gasteiger partial charge in [0.05, 0.1) is 6.04 Å². The number of rotatable bonds is 4. The molecule has 2 aromatic carbocycles. The SMILES string of the molecule is Cc1ccc(C(NN)c2ccccc2C2CCC2)c(Cl)c1. The molecule has 1 aliphatic carbocycles. The number of aryl methyl sites for hydroxylation is 1. The van der Waals surface area contributed by atoms with Crippen LogP contribution < -0.4 is 11.3 Å². The van der Waals surface area contributed by atoms with E-state index in [2.05, 4.69) is 41.8 Å². The van der Waals surface area contributed by atoms with Crippen LogP contribution in [0.3, 0.4) is 0 Å². The van der Waals surface area contributed by atoms with E-state index in [1.54, 1.807) is 0 Å². The van der Waals surface area contributed by atoms with Gasteiger partial charge >= 0.3 is 0 Å². The lowest BCUT2D eigenvalue weighted by Crippen LogP contribution is -2.30. The predicted molar refractivity (Wildman–Crippen MR) is 88.4 cm³/mol. The first-order valence-electron chi connectivity index (χ1n) is 7.51. The van der Waals surface area contributed by atoms with Crippen molar-refractivity contribution in [2.45, 2.75) is 38.1 Å². The zero-order valence-corrected chi connectivity index (χ0v) is 13.0. The quantitative estimate of drug-likeness (QED) is 0.646. The van der Waals surface area contributed by atoms with Crippen molar-refractivity contribution in [2.24, 2.45) is 5.84 Å². The lowest BCUT2D eigenvalue weighted by Gasteiger charge is -2.30. The fourth-order valence-corrected chi connectivity index (χ4v) is 3.42. The first-order valence-corrected chi connectivity index (χ1v) is 7.89. The van der Waals surface area contributed by atoms with Gasteiger partial charge in [-0.2, -0.15) is 0 Å². The standard InChI is InChI=1S/C18H21ClN2/c1-12-9-10-16(17(19)11-12)18(21-20)15-8-3-2-7-14(15)13-5-4-6-13/h2-3,7-11,13,18,21H,4-6,20H2,1H3. The van der Waals surface area contributed by atoms with Crippen LogP contribution >= 0.6 is 11.6 Å². The summed E-state index contributed by atoms with van der Waals surface area (Å²) in [6.45, 7) is 2.04. The minimum atomic E-state index is -0.0603. The second-order valence-corrected chi connectivity index (χ2v) is 6.29. The number of halogens is 1. The third-order valence-corrected chi connectivity index (χ3v) is 4.81. The molecule has 1 atom stereocenters. The Hall–Kier alpha value is -1.35. The molecule has 1 aliphatic rings. The molecule has 2 aromatic rings. The van der Waals surface area contributed by atoms with Crippen molar-refractivity contribution in [1.29, 1.82) is 0 Å². The topological polar surface area (TPSA) is 38.0 Å². The van der Waals surface area contributed by atoms with Crippen LogP contribution in [-0.2, 0) is 0 Å². The molecule has 0 aromatic heterocycles. The fourth-order valence-electron chi connectivity index (χ4n) is 3.08. The zero-order chi connectivity index (χ0) is 14.8. The molecule has 2 nitrogen and oxygen atoms in total. The average Bonchev–Trinajstić information content (AvgIpc) is 2.41. The highest BCUT2D eigenvalue weighted by atomic mass is 35.5. The molecule has 1 fully saturated rings. The molecule has 0 spiro atoms. The number of hydrogen-bond acceptors (Lipinski definition) is 2. The maximum atomic E-state index is 6.44. The highest BCUT2D eigenvalue weighted by Crippen LogP contribution is 2.41. The van der Waals surface area contributed by atoms with Gasteiger partial charge < -0.3 is 0 Å². The van der Waals surface area contributed by atoms with Crippen molar-refractivity contribution in [2.75, 3.05) is 0 Å². The summed E-state index contributed by atoms with van der Waals surface area (Å²) >= 11 is 6.44. The van der Waals surface area contributed by atoms with E-state index in [1.807, 2.05) is 13.0 Å². The molecule has 0 aliphatic heterocycles. The van der Waals surface area contributed by atoms with Crippen molar-refractivity contribution >= 4 is 11.6 Å². The largest absolute Gasteiger partial charge is 0.271 e. The van der Waals surface area contributed by atoms with Crippen molar-refractivity contribution in [3.8, 4) is 0 Å². The van der Waals surface area contributed by atoms with Gasteiger partial charge in [0.25, 0.3) is 0 Å². The molecule has 0 radical (unpaired) electrons. The second kappa shape index (κ2) is 6.18. The smallest absolute Gasteiger partial charge is 0.0727 e. The van der Waals surface area contributed by atoms with Gasteiger partial charge in [-0.05, 0) is 54.0 Å². The van der Waals surface area contributed by atoms with Crippen LogP contribution in [0.25, 0.3) is 0 Å². The van der Waals surface area contributed by atoms with E-state index in [4.69, 9.17) is 17.4 Å². The van der Waals surface area contributed by atoms with E-state index in [0.29, 0.717) is 5.92 Å². The summed E-state index contributed by atoms with van der Waals surface area (Å²) in [7, 11) is 0. The molecule has 0 saturated heterocycles. The van der Waals surface area contributed by atoms with Gasteiger partial charge in [0.15, 0.2) is 0 Å². The molecular formula is C18H21ClN2. The number of hydrazine groups is 1. The van der Waals surface area contributed by atoms with Crippen LogP contribution in [0.4, 0.5) is 0 Å². The summed E-state index contributed by atoms with van der Waals surface area (Å²) in [5, 5.41) is 0.765. The second-order valence-electron chi connectivity index (χ2n) is 5.88. The Morgan fingerprint density at radius 2 is 1.90 bits per heavy atom. The maximum Gasteiger partial charge on any atom is 0.0727 e. The average molecular weight is 301 g/mol. The van der Waals surface area contributed by atoms with E-state index in [9.17, 15) is 0 Å². The van der Waals surface area contributed by atoms with E-state index in [0.717, 1.165) is 16.1 Å². The summed E-state index contributed by atoms with van der Waals surface area (Å²) in [5.74, 6) is 6.53. The first-order chi connectivity index (χ1) is 10.2. The van der Waals surface area contributed by atoms with Gasteiger partial charge in [-0.25, -0.2) is 5.43 Å². The van der Waals surface area contributed by atoms with E-state index < -0.39 is 0 Å². The molecule has 1 unspecified atom stereocenters. The lowest BCUT2D eigenvalue weighted by molar-refractivity contribution is 0.414. The molecule has 3 N–H and O–H groups in total. The minimum absolute atomic E-state index is 0.0603. The molecule has 21 heavy (non-hydrogen) atoms. The minimum Gasteiger partial charge on any atom is -0.271 e. The summed E-state index contributed by atoms with van der Waals surface area (Å²) in [5.41, 5.74) is 7.80. The summed E-state index contributed by atoms with van der Waals surface area (Å²) in [6, 6.07) is 14.7. The molecule has 110 valence electrons. The molecule has 3 rings (SSSR count). The first kappa shape index (κ1) is 14.6. The highest BCUT2D eigenvalue weighted by molar-refractivity contribution is 6.31. The lowest BCUT2D eigenvalue weighted by atomic mass is 9.76. The Morgan fingerprint density at radius 3 is 2.52 bits per heavy atom. The number of hydrogen-bond donors (Lipinski definition) is 2. The van der Waals surface area contributed by atoms with Crippen molar-refractivity contribution in [1.82, 2.24) is 5.43 Å². The van der Waals surface area contributed by atoms with Crippen LogP contribution in [0.2, 0.25) is 5.02 Å². The van der Waals surface area contributed by atoms with Crippen molar-refractivity contribution in [3.05, 3.63) is 69.7 Å². The summed E-state index contributed by atoms with van der Waals surface area (Å²) < 4.78 is 0. The Labute approximate surface area is 131 Å². The number of nitrogens with two attached hydrogens (primary N) is 1. The molecule has 1 saturated carbocycles. The van der Waals surface area contributed by atoms with Crippen LogP contribution in [0.15, 0.2) is 42.5 Å². The van der Waals surface area contributed by atoms with Gasteiger partial charge in [0.1, 0.15) is 0 Å². The van der Waals surface area contributed by atoms with Crippen molar-refractivity contribution < 1.29 is 0 Å². The van der Waals surface area contributed by atoms with Gasteiger partial charge in [-0.1, -0.05) is 54.4 Å². The van der Waals surface area contributed by atoms with Crippen LogP contribution in [0.1, 0.15) is 53.5 Å². The van der Waals surface area contributed by atoms with Crippen LogP contribution in [-0.4, -0.2) is 0 Å². The Morgan fingerprint density at radius 1 is 1.14 bits per heavy atom. The maximum absolute atomic E-state index is 6.44. The van der Waals surface area contributed by atoms with Gasteiger partial charge in [0.2, 0.25) is 0 Å². The van der Waals surface area contributed by atoms with Gasteiger partial charge in [-0.3, -0.25) is 5.84 Å². The molecular weight excluding hydrogens is 280 g/mol.